The number of rotatable bonds is 9. The Balaban J connectivity index is 1.65. The smallest absolute Gasteiger partial charge is 0.241 e. The van der Waals surface area contributed by atoms with Gasteiger partial charge >= 0.3 is 0 Å². The largest absolute Gasteiger partial charge is 0.376 e. The summed E-state index contributed by atoms with van der Waals surface area (Å²) in [4.78, 5) is 48.0. The summed E-state index contributed by atoms with van der Waals surface area (Å²) in [7, 11) is 0. The lowest BCUT2D eigenvalue weighted by Gasteiger charge is -2.32. The molecule has 0 radical (unpaired) electrons. The Hall–Kier alpha value is -3.06. The summed E-state index contributed by atoms with van der Waals surface area (Å²) in [6.45, 7) is 5.97. The standard InChI is InChI=1S/C27H33N3O4/c1-3-13-29(19-22-10-7-14-34-22)24(31)15-27(23-11-5-4-8-20(23)2)16-25(32)30(26(27)33)18-21-9-6-12-28-17-21/h4-6,8-9,11-12,17,22H,3,7,10,13-16,18-19H2,1-2H3/t22-,27-/m1/s1. The van der Waals surface area contributed by atoms with Crippen molar-refractivity contribution >= 4 is 17.7 Å². The molecule has 4 rings (SSSR count). The number of benzene rings is 1. The van der Waals surface area contributed by atoms with Gasteiger partial charge in [0.1, 0.15) is 0 Å². The van der Waals surface area contributed by atoms with Gasteiger partial charge in [-0.1, -0.05) is 37.3 Å². The number of carbonyl (C=O) groups is 3. The van der Waals surface area contributed by atoms with Crippen LogP contribution in [0.1, 0.15) is 55.7 Å². The Bertz CT molecular complexity index is 1040. The van der Waals surface area contributed by atoms with Gasteiger partial charge in [-0.25, -0.2) is 0 Å². The predicted molar refractivity (Wildman–Crippen MR) is 128 cm³/mol. The Kier molecular flexibility index (Phi) is 7.41. The summed E-state index contributed by atoms with van der Waals surface area (Å²) >= 11 is 0. The molecule has 1 aromatic heterocycles. The number of hydrogen-bond donors (Lipinski definition) is 0. The van der Waals surface area contributed by atoms with Gasteiger partial charge in [0.15, 0.2) is 0 Å². The fraction of sp³-hybridized carbons (Fsp3) is 0.481. The average Bonchev–Trinajstić information content (AvgIpc) is 3.42. The van der Waals surface area contributed by atoms with Crippen LogP contribution in [0.3, 0.4) is 0 Å². The van der Waals surface area contributed by atoms with Crippen LogP contribution in [-0.2, 0) is 31.1 Å². The topological polar surface area (TPSA) is 79.8 Å². The molecule has 0 aliphatic carbocycles. The molecule has 2 aromatic rings. The zero-order valence-corrected chi connectivity index (χ0v) is 20.0. The van der Waals surface area contributed by atoms with E-state index in [0.717, 1.165) is 42.6 Å². The van der Waals surface area contributed by atoms with Crippen molar-refractivity contribution < 1.29 is 19.1 Å². The molecule has 7 nitrogen and oxygen atoms in total. The monoisotopic (exact) mass is 463 g/mol. The summed E-state index contributed by atoms with van der Waals surface area (Å²) in [6, 6.07) is 11.2. The number of hydrogen-bond acceptors (Lipinski definition) is 5. The van der Waals surface area contributed by atoms with Crippen molar-refractivity contribution in [2.24, 2.45) is 0 Å². The molecule has 2 aliphatic rings. The third-order valence-corrected chi connectivity index (χ3v) is 6.88. The fourth-order valence-electron chi connectivity index (χ4n) is 5.18. The van der Waals surface area contributed by atoms with E-state index in [2.05, 4.69) is 4.98 Å². The van der Waals surface area contributed by atoms with E-state index < -0.39 is 5.41 Å². The molecule has 0 saturated carbocycles. The number of aryl methyl sites for hydroxylation is 1. The van der Waals surface area contributed by atoms with Crippen LogP contribution < -0.4 is 0 Å². The second kappa shape index (κ2) is 10.5. The number of amides is 3. The minimum Gasteiger partial charge on any atom is -0.376 e. The molecule has 2 aliphatic heterocycles. The highest BCUT2D eigenvalue weighted by Crippen LogP contribution is 2.42. The van der Waals surface area contributed by atoms with E-state index in [-0.39, 0.29) is 43.2 Å². The van der Waals surface area contributed by atoms with Gasteiger partial charge in [-0.05, 0) is 48.9 Å². The maximum Gasteiger partial charge on any atom is 0.241 e. The molecule has 180 valence electrons. The van der Waals surface area contributed by atoms with E-state index in [0.29, 0.717) is 13.1 Å². The molecule has 34 heavy (non-hydrogen) atoms. The van der Waals surface area contributed by atoms with Crippen LogP contribution in [0.15, 0.2) is 48.8 Å². The van der Waals surface area contributed by atoms with E-state index in [9.17, 15) is 14.4 Å². The first-order chi connectivity index (χ1) is 16.4. The second-order valence-electron chi connectivity index (χ2n) is 9.37. The van der Waals surface area contributed by atoms with E-state index >= 15 is 0 Å². The summed E-state index contributed by atoms with van der Waals surface area (Å²) < 4.78 is 5.77. The first kappa shape index (κ1) is 24.1. The molecule has 2 saturated heterocycles. The molecule has 3 amide bonds. The number of carbonyl (C=O) groups excluding carboxylic acids is 3. The summed E-state index contributed by atoms with van der Waals surface area (Å²) in [5.74, 6) is -0.673. The zero-order chi connectivity index (χ0) is 24.1. The molecule has 2 atom stereocenters. The van der Waals surface area contributed by atoms with Gasteiger partial charge in [0.05, 0.1) is 18.1 Å². The molecule has 0 N–H and O–H groups in total. The van der Waals surface area contributed by atoms with Gasteiger partial charge in [0, 0.05) is 44.9 Å². The molecule has 0 unspecified atom stereocenters. The molecule has 1 aromatic carbocycles. The van der Waals surface area contributed by atoms with E-state index in [1.165, 1.54) is 4.90 Å². The van der Waals surface area contributed by atoms with Crippen molar-refractivity contribution in [3.05, 3.63) is 65.5 Å². The molecular formula is C27H33N3O4. The van der Waals surface area contributed by atoms with Gasteiger partial charge in [-0.3, -0.25) is 24.3 Å². The number of ether oxygens (including phenoxy) is 1. The Morgan fingerprint density at radius 1 is 1.24 bits per heavy atom. The Morgan fingerprint density at radius 2 is 2.06 bits per heavy atom. The van der Waals surface area contributed by atoms with Gasteiger partial charge < -0.3 is 9.64 Å². The summed E-state index contributed by atoms with van der Waals surface area (Å²) in [5, 5.41) is 0. The summed E-state index contributed by atoms with van der Waals surface area (Å²) in [5.41, 5.74) is 1.23. The normalized spacial score (nSPS) is 22.4. The molecule has 0 spiro atoms. The number of imide groups is 1. The molecule has 0 bridgehead atoms. The molecular weight excluding hydrogens is 430 g/mol. The highest BCUT2D eigenvalue weighted by Gasteiger charge is 2.54. The van der Waals surface area contributed by atoms with Crippen molar-refractivity contribution in [3.63, 3.8) is 0 Å². The first-order valence-corrected chi connectivity index (χ1v) is 12.1. The van der Waals surface area contributed by atoms with Crippen LogP contribution in [0.25, 0.3) is 0 Å². The lowest BCUT2D eigenvalue weighted by molar-refractivity contribution is -0.143. The van der Waals surface area contributed by atoms with Crippen molar-refractivity contribution in [1.29, 1.82) is 0 Å². The lowest BCUT2D eigenvalue weighted by Crippen LogP contribution is -2.45. The zero-order valence-electron chi connectivity index (χ0n) is 20.0. The number of likely N-dealkylation sites (tertiary alicyclic amines) is 1. The third kappa shape index (κ3) is 4.89. The Morgan fingerprint density at radius 3 is 2.74 bits per heavy atom. The number of nitrogens with zero attached hydrogens (tertiary/aromatic N) is 3. The van der Waals surface area contributed by atoms with E-state index in [1.807, 2.05) is 49.1 Å². The molecule has 7 heteroatoms. The number of pyridine rings is 1. The van der Waals surface area contributed by atoms with Crippen molar-refractivity contribution in [2.75, 3.05) is 19.7 Å². The van der Waals surface area contributed by atoms with Crippen LogP contribution in [-0.4, -0.2) is 58.3 Å². The van der Waals surface area contributed by atoms with Crippen LogP contribution in [0.5, 0.6) is 0 Å². The van der Waals surface area contributed by atoms with Gasteiger partial charge in [-0.15, -0.1) is 0 Å². The maximum absolute atomic E-state index is 13.9. The number of aromatic nitrogens is 1. The fourth-order valence-corrected chi connectivity index (χ4v) is 5.18. The molecule has 3 heterocycles. The van der Waals surface area contributed by atoms with Gasteiger partial charge in [0.2, 0.25) is 17.7 Å². The predicted octanol–water partition coefficient (Wildman–Crippen LogP) is 3.39. The van der Waals surface area contributed by atoms with Crippen molar-refractivity contribution in [1.82, 2.24) is 14.8 Å². The van der Waals surface area contributed by atoms with Crippen LogP contribution in [0, 0.1) is 6.92 Å². The quantitative estimate of drug-likeness (QED) is 0.533. The maximum atomic E-state index is 13.9. The lowest BCUT2D eigenvalue weighted by atomic mass is 9.74. The second-order valence-corrected chi connectivity index (χ2v) is 9.37. The Labute approximate surface area is 201 Å². The van der Waals surface area contributed by atoms with E-state index in [4.69, 9.17) is 4.74 Å². The summed E-state index contributed by atoms with van der Waals surface area (Å²) in [6.07, 6.45) is 6.06. The van der Waals surface area contributed by atoms with Crippen molar-refractivity contribution in [2.45, 2.75) is 64.0 Å². The first-order valence-electron chi connectivity index (χ1n) is 12.1. The third-order valence-electron chi connectivity index (χ3n) is 6.88. The average molecular weight is 464 g/mol. The van der Waals surface area contributed by atoms with E-state index in [1.54, 1.807) is 18.5 Å². The van der Waals surface area contributed by atoms with Crippen molar-refractivity contribution in [3.8, 4) is 0 Å². The SMILES string of the molecule is CCCN(C[C@H]1CCCO1)C(=O)C[C@]1(c2ccccc2C)CC(=O)N(Cc2cccnc2)C1=O. The minimum atomic E-state index is -1.20. The highest BCUT2D eigenvalue weighted by molar-refractivity contribution is 6.10. The van der Waals surface area contributed by atoms with Crippen LogP contribution >= 0.6 is 0 Å². The highest BCUT2D eigenvalue weighted by atomic mass is 16.5. The van der Waals surface area contributed by atoms with Gasteiger partial charge in [-0.2, -0.15) is 0 Å². The van der Waals surface area contributed by atoms with Crippen LogP contribution in [0.2, 0.25) is 0 Å². The van der Waals surface area contributed by atoms with Crippen LogP contribution in [0.4, 0.5) is 0 Å². The van der Waals surface area contributed by atoms with Gasteiger partial charge in [0.25, 0.3) is 0 Å². The molecule has 2 fully saturated rings. The minimum absolute atomic E-state index is 0.0113.